The van der Waals surface area contributed by atoms with Crippen LogP contribution in [0.15, 0.2) is 61.1 Å². The van der Waals surface area contributed by atoms with Gasteiger partial charge >= 0.3 is 0 Å². The molecule has 2 aromatic heterocycles. The molecule has 1 N–H and O–H groups in total. The van der Waals surface area contributed by atoms with Gasteiger partial charge in [-0.2, -0.15) is 0 Å². The van der Waals surface area contributed by atoms with Crippen LogP contribution in [0.4, 0.5) is 10.2 Å². The van der Waals surface area contributed by atoms with Crippen LogP contribution in [0.2, 0.25) is 0 Å². The van der Waals surface area contributed by atoms with Gasteiger partial charge in [-0.05, 0) is 42.8 Å². The Morgan fingerprint density at radius 1 is 1.00 bits per heavy atom. The molecule has 0 fully saturated rings. The molecule has 0 unspecified atom stereocenters. The summed E-state index contributed by atoms with van der Waals surface area (Å²) in [5, 5.41) is 3.30. The van der Waals surface area contributed by atoms with Gasteiger partial charge in [0.1, 0.15) is 17.4 Å². The van der Waals surface area contributed by atoms with Crippen molar-refractivity contribution in [1.82, 2.24) is 9.97 Å². The van der Waals surface area contributed by atoms with Crippen molar-refractivity contribution in [3.63, 3.8) is 0 Å². The molecule has 0 bridgehead atoms. The van der Waals surface area contributed by atoms with Crippen molar-refractivity contribution in [2.45, 2.75) is 13.0 Å². The van der Waals surface area contributed by atoms with E-state index in [-0.39, 0.29) is 11.9 Å². The molecule has 0 amide bonds. The zero-order valence-corrected chi connectivity index (χ0v) is 13.5. The summed E-state index contributed by atoms with van der Waals surface area (Å²) in [6.07, 6.45) is 5.22. The van der Waals surface area contributed by atoms with Crippen LogP contribution in [0.1, 0.15) is 18.5 Å². The Morgan fingerprint density at radius 2 is 1.79 bits per heavy atom. The molecule has 0 saturated heterocycles. The molecule has 4 nitrogen and oxygen atoms in total. The van der Waals surface area contributed by atoms with Crippen LogP contribution in [0.3, 0.4) is 0 Å². The minimum absolute atomic E-state index is 0.0300. The predicted molar refractivity (Wildman–Crippen MR) is 92.5 cm³/mol. The predicted octanol–water partition coefficient (Wildman–Crippen LogP) is 4.46. The van der Waals surface area contributed by atoms with Crippen molar-refractivity contribution in [3.8, 4) is 16.9 Å². The zero-order chi connectivity index (χ0) is 16.9. The summed E-state index contributed by atoms with van der Waals surface area (Å²) < 4.78 is 18.2. The van der Waals surface area contributed by atoms with Crippen LogP contribution >= 0.6 is 0 Å². The van der Waals surface area contributed by atoms with Gasteiger partial charge in [0, 0.05) is 29.6 Å². The lowest BCUT2D eigenvalue weighted by Crippen LogP contribution is -2.07. The van der Waals surface area contributed by atoms with Crippen molar-refractivity contribution in [2.75, 3.05) is 12.4 Å². The topological polar surface area (TPSA) is 47.0 Å². The minimum atomic E-state index is -0.236. The van der Waals surface area contributed by atoms with Crippen molar-refractivity contribution in [3.05, 3.63) is 72.4 Å². The van der Waals surface area contributed by atoms with E-state index in [0.29, 0.717) is 5.75 Å². The molecule has 122 valence electrons. The molecule has 24 heavy (non-hydrogen) atoms. The fraction of sp³-hybridized carbons (Fsp3) is 0.158. The molecule has 1 atom stereocenters. The molecule has 0 saturated carbocycles. The first-order valence-corrected chi connectivity index (χ1v) is 7.63. The van der Waals surface area contributed by atoms with Crippen molar-refractivity contribution >= 4 is 5.82 Å². The number of rotatable bonds is 5. The fourth-order valence-corrected chi connectivity index (χ4v) is 2.39. The van der Waals surface area contributed by atoms with E-state index in [0.717, 1.165) is 22.5 Å². The summed E-state index contributed by atoms with van der Waals surface area (Å²) >= 11 is 0. The Hall–Kier alpha value is -2.95. The first-order valence-electron chi connectivity index (χ1n) is 7.63. The molecule has 2 heterocycles. The maximum absolute atomic E-state index is 13.0. The highest BCUT2D eigenvalue weighted by atomic mass is 19.1. The number of pyridine rings is 2. The second kappa shape index (κ2) is 7.08. The molecule has 1 aromatic carbocycles. The third kappa shape index (κ3) is 3.68. The fourth-order valence-electron chi connectivity index (χ4n) is 2.39. The highest BCUT2D eigenvalue weighted by molar-refractivity contribution is 5.64. The standard InChI is InChI=1S/C19H18FN3O/c1-13(14-3-6-17(20)7-4-14)23-19-8-5-15(11-22-19)16-9-18(24-2)12-21-10-16/h3-13H,1-2H3,(H,22,23)/t13-/m1/s1. The van der Waals surface area contributed by atoms with Crippen molar-refractivity contribution in [1.29, 1.82) is 0 Å². The average molecular weight is 323 g/mol. The molecular weight excluding hydrogens is 305 g/mol. The number of nitrogens with zero attached hydrogens (tertiary/aromatic N) is 2. The smallest absolute Gasteiger partial charge is 0.137 e. The molecule has 3 aromatic rings. The van der Waals surface area contributed by atoms with Crippen LogP contribution in [0.5, 0.6) is 5.75 Å². The Kier molecular flexibility index (Phi) is 4.70. The molecule has 0 aliphatic rings. The summed E-state index contributed by atoms with van der Waals surface area (Å²) in [4.78, 5) is 8.59. The van der Waals surface area contributed by atoms with Gasteiger partial charge in [-0.25, -0.2) is 9.37 Å². The maximum atomic E-state index is 13.0. The van der Waals surface area contributed by atoms with Gasteiger partial charge in [0.05, 0.1) is 13.3 Å². The van der Waals surface area contributed by atoms with Gasteiger partial charge < -0.3 is 10.1 Å². The maximum Gasteiger partial charge on any atom is 0.137 e. The summed E-state index contributed by atoms with van der Waals surface area (Å²) in [5.74, 6) is 1.23. The molecule has 3 rings (SSSR count). The number of hydrogen-bond acceptors (Lipinski definition) is 4. The number of hydrogen-bond donors (Lipinski definition) is 1. The second-order valence-electron chi connectivity index (χ2n) is 5.46. The molecule has 5 heteroatoms. The number of anilines is 1. The number of benzene rings is 1. The lowest BCUT2D eigenvalue weighted by molar-refractivity contribution is 0.413. The first kappa shape index (κ1) is 15.9. The van der Waals surface area contributed by atoms with Crippen LogP contribution in [-0.4, -0.2) is 17.1 Å². The van der Waals surface area contributed by atoms with E-state index >= 15 is 0 Å². The Bertz CT molecular complexity index is 804. The van der Waals surface area contributed by atoms with E-state index in [2.05, 4.69) is 15.3 Å². The third-order valence-corrected chi connectivity index (χ3v) is 3.78. The number of ether oxygens (including phenoxy) is 1. The number of halogens is 1. The SMILES string of the molecule is COc1cncc(-c2ccc(N[C@H](C)c3ccc(F)cc3)nc2)c1. The highest BCUT2D eigenvalue weighted by Gasteiger charge is 2.07. The van der Waals surface area contributed by atoms with Crippen LogP contribution in [-0.2, 0) is 0 Å². The summed E-state index contributed by atoms with van der Waals surface area (Å²) in [5.41, 5.74) is 2.90. The van der Waals surface area contributed by atoms with Crippen LogP contribution in [0.25, 0.3) is 11.1 Å². The van der Waals surface area contributed by atoms with E-state index in [1.807, 2.05) is 25.1 Å². The van der Waals surface area contributed by atoms with E-state index in [4.69, 9.17) is 4.74 Å². The van der Waals surface area contributed by atoms with Gasteiger partial charge in [-0.3, -0.25) is 4.98 Å². The molecular formula is C19H18FN3O. The first-order chi connectivity index (χ1) is 11.7. The normalized spacial score (nSPS) is 11.8. The van der Waals surface area contributed by atoms with Crippen LogP contribution < -0.4 is 10.1 Å². The summed E-state index contributed by atoms with van der Waals surface area (Å²) in [7, 11) is 1.61. The average Bonchev–Trinajstić information content (AvgIpc) is 2.63. The molecule has 0 aliphatic carbocycles. The van der Waals surface area contributed by atoms with Gasteiger partial charge in [0.25, 0.3) is 0 Å². The van der Waals surface area contributed by atoms with E-state index in [9.17, 15) is 4.39 Å². The minimum Gasteiger partial charge on any atom is -0.495 e. The quantitative estimate of drug-likeness (QED) is 0.753. The number of nitrogens with one attached hydrogen (secondary N) is 1. The lowest BCUT2D eigenvalue weighted by atomic mass is 10.1. The monoisotopic (exact) mass is 323 g/mol. The summed E-state index contributed by atoms with van der Waals surface area (Å²) in [6.45, 7) is 2.01. The largest absolute Gasteiger partial charge is 0.495 e. The highest BCUT2D eigenvalue weighted by Crippen LogP contribution is 2.24. The number of aromatic nitrogens is 2. The van der Waals surface area contributed by atoms with E-state index in [1.165, 1.54) is 12.1 Å². The molecule has 0 radical (unpaired) electrons. The van der Waals surface area contributed by atoms with Crippen molar-refractivity contribution < 1.29 is 9.13 Å². The zero-order valence-electron chi connectivity index (χ0n) is 13.5. The van der Waals surface area contributed by atoms with Gasteiger partial charge in [-0.15, -0.1) is 0 Å². The molecule has 0 spiro atoms. The Morgan fingerprint density at radius 3 is 2.46 bits per heavy atom. The third-order valence-electron chi connectivity index (χ3n) is 3.78. The Balaban J connectivity index is 1.73. The lowest BCUT2D eigenvalue weighted by Gasteiger charge is -2.15. The molecule has 0 aliphatic heterocycles. The van der Waals surface area contributed by atoms with Crippen molar-refractivity contribution in [2.24, 2.45) is 0 Å². The van der Waals surface area contributed by atoms with Gasteiger partial charge in [0.2, 0.25) is 0 Å². The Labute approximate surface area is 140 Å². The number of methoxy groups -OCH3 is 1. The van der Waals surface area contributed by atoms with Crippen LogP contribution in [0, 0.1) is 5.82 Å². The van der Waals surface area contributed by atoms with Gasteiger partial charge in [0.15, 0.2) is 0 Å². The van der Waals surface area contributed by atoms with Gasteiger partial charge in [-0.1, -0.05) is 12.1 Å². The summed E-state index contributed by atoms with van der Waals surface area (Å²) in [6, 6.07) is 12.3. The second-order valence-corrected chi connectivity index (χ2v) is 5.46. The van der Waals surface area contributed by atoms with E-state index in [1.54, 1.807) is 37.8 Å². The van der Waals surface area contributed by atoms with E-state index < -0.39 is 0 Å².